The number of ether oxygens (including phenoxy) is 2. The van der Waals surface area contributed by atoms with Crippen molar-refractivity contribution in [3.05, 3.63) is 84.2 Å². The Labute approximate surface area is 181 Å². The molecule has 158 valence electrons. The van der Waals surface area contributed by atoms with Gasteiger partial charge in [-0.15, -0.1) is 0 Å². The van der Waals surface area contributed by atoms with Crippen LogP contribution in [-0.4, -0.2) is 28.9 Å². The Kier molecular flexibility index (Phi) is 6.17. The number of aromatic nitrogens is 2. The predicted octanol–water partition coefficient (Wildman–Crippen LogP) is 5.13. The van der Waals surface area contributed by atoms with Gasteiger partial charge in [-0.1, -0.05) is 42.5 Å². The van der Waals surface area contributed by atoms with Crippen LogP contribution in [0.15, 0.2) is 73.1 Å². The largest absolute Gasteiger partial charge is 0.490 e. The van der Waals surface area contributed by atoms with Crippen molar-refractivity contribution < 1.29 is 14.3 Å². The zero-order valence-corrected chi connectivity index (χ0v) is 17.7. The van der Waals surface area contributed by atoms with Crippen molar-refractivity contribution in [1.82, 2.24) is 9.78 Å². The number of rotatable bonds is 8. The highest BCUT2D eigenvalue weighted by Crippen LogP contribution is 2.29. The Bertz CT molecular complexity index is 1190. The Balaban J connectivity index is 1.48. The van der Waals surface area contributed by atoms with Gasteiger partial charge in [-0.25, -0.2) is 0 Å². The lowest BCUT2D eigenvalue weighted by Gasteiger charge is -2.12. The lowest BCUT2D eigenvalue weighted by molar-refractivity contribution is 0.102. The van der Waals surface area contributed by atoms with E-state index in [4.69, 9.17) is 9.47 Å². The van der Waals surface area contributed by atoms with Crippen LogP contribution in [0, 0.1) is 0 Å². The van der Waals surface area contributed by atoms with Gasteiger partial charge in [0.25, 0.3) is 5.91 Å². The second kappa shape index (κ2) is 9.34. The van der Waals surface area contributed by atoms with Crippen molar-refractivity contribution in [3.8, 4) is 11.5 Å². The van der Waals surface area contributed by atoms with Crippen molar-refractivity contribution in [2.75, 3.05) is 18.5 Å². The molecule has 4 aromatic rings. The van der Waals surface area contributed by atoms with Crippen molar-refractivity contribution >= 4 is 22.4 Å². The number of carbonyl (C=O) groups is 1. The Morgan fingerprint density at radius 3 is 2.58 bits per heavy atom. The van der Waals surface area contributed by atoms with Crippen LogP contribution in [0.3, 0.4) is 0 Å². The van der Waals surface area contributed by atoms with E-state index >= 15 is 0 Å². The maximum atomic E-state index is 12.7. The van der Waals surface area contributed by atoms with Gasteiger partial charge in [0.15, 0.2) is 11.5 Å². The second-order valence-corrected chi connectivity index (χ2v) is 7.05. The van der Waals surface area contributed by atoms with Gasteiger partial charge < -0.3 is 14.8 Å². The molecular formula is C25H25N3O3. The number of nitrogens with one attached hydrogen (secondary N) is 1. The van der Waals surface area contributed by atoms with Crippen LogP contribution >= 0.6 is 0 Å². The second-order valence-electron chi connectivity index (χ2n) is 7.05. The van der Waals surface area contributed by atoms with Crippen LogP contribution < -0.4 is 14.8 Å². The summed E-state index contributed by atoms with van der Waals surface area (Å²) in [6.07, 6.45) is 3.48. The summed E-state index contributed by atoms with van der Waals surface area (Å²) in [5.74, 6) is 0.959. The molecule has 0 bridgehead atoms. The number of carbonyl (C=O) groups excluding carboxylic acids is 1. The third-order valence-electron chi connectivity index (χ3n) is 4.91. The Hall–Kier alpha value is -3.80. The zero-order chi connectivity index (χ0) is 21.6. The summed E-state index contributed by atoms with van der Waals surface area (Å²) in [4.78, 5) is 12.7. The molecule has 0 saturated carbocycles. The first-order chi connectivity index (χ1) is 15.2. The smallest absolute Gasteiger partial charge is 0.255 e. The van der Waals surface area contributed by atoms with Crippen molar-refractivity contribution in [2.45, 2.75) is 20.4 Å². The minimum atomic E-state index is -0.228. The van der Waals surface area contributed by atoms with Gasteiger partial charge in [0.1, 0.15) is 0 Å². The fourth-order valence-corrected chi connectivity index (χ4v) is 3.52. The molecular weight excluding hydrogens is 390 g/mol. The lowest BCUT2D eigenvalue weighted by Crippen LogP contribution is -2.12. The third kappa shape index (κ3) is 4.69. The van der Waals surface area contributed by atoms with Crippen LogP contribution in [0.2, 0.25) is 0 Å². The molecule has 0 atom stereocenters. The van der Waals surface area contributed by atoms with Crippen molar-refractivity contribution in [3.63, 3.8) is 0 Å². The number of fused-ring (bicyclic) bond motifs is 1. The van der Waals surface area contributed by atoms with E-state index in [9.17, 15) is 4.79 Å². The summed E-state index contributed by atoms with van der Waals surface area (Å²) in [6, 6.07) is 19.7. The molecule has 0 radical (unpaired) electrons. The standard InChI is InChI=1S/C25H25N3O3/c1-3-30-23-13-12-19(14-24(23)31-4-2)25(29)27-21-15-26-28(17-21)16-20-10-7-9-18-8-5-6-11-22(18)20/h5-15,17H,3-4,16H2,1-2H3,(H,27,29). The minimum Gasteiger partial charge on any atom is -0.490 e. The fourth-order valence-electron chi connectivity index (χ4n) is 3.52. The fraction of sp³-hybridized carbons (Fsp3) is 0.200. The molecule has 1 heterocycles. The van der Waals surface area contributed by atoms with Gasteiger partial charge in [-0.2, -0.15) is 5.10 Å². The number of benzene rings is 3. The molecule has 1 N–H and O–H groups in total. The number of amides is 1. The minimum absolute atomic E-state index is 0.228. The SMILES string of the molecule is CCOc1ccc(C(=O)Nc2cnn(Cc3cccc4ccccc34)c2)cc1OCC. The molecule has 0 aliphatic rings. The molecule has 0 unspecified atom stereocenters. The lowest BCUT2D eigenvalue weighted by atomic mass is 10.0. The molecule has 0 fully saturated rings. The van der Waals surface area contributed by atoms with E-state index in [1.54, 1.807) is 24.4 Å². The molecule has 0 saturated heterocycles. The third-order valence-corrected chi connectivity index (χ3v) is 4.91. The monoisotopic (exact) mass is 415 g/mol. The van der Waals surface area contributed by atoms with Crippen LogP contribution in [-0.2, 0) is 6.54 Å². The first-order valence-corrected chi connectivity index (χ1v) is 10.4. The van der Waals surface area contributed by atoms with Gasteiger partial charge >= 0.3 is 0 Å². The van der Waals surface area contributed by atoms with Gasteiger partial charge in [0.05, 0.1) is 31.6 Å². The molecule has 0 spiro atoms. The molecule has 4 rings (SSSR count). The van der Waals surface area contributed by atoms with Gasteiger partial charge in [-0.3, -0.25) is 9.48 Å². The topological polar surface area (TPSA) is 65.4 Å². The predicted molar refractivity (Wildman–Crippen MR) is 122 cm³/mol. The summed E-state index contributed by atoms with van der Waals surface area (Å²) in [7, 11) is 0. The molecule has 0 aliphatic carbocycles. The Morgan fingerprint density at radius 1 is 0.968 bits per heavy atom. The molecule has 0 aliphatic heterocycles. The van der Waals surface area contributed by atoms with Crippen LogP contribution in [0.4, 0.5) is 5.69 Å². The summed E-state index contributed by atoms with van der Waals surface area (Å²) in [5.41, 5.74) is 2.30. The normalized spacial score (nSPS) is 10.8. The number of nitrogens with zero attached hydrogens (tertiary/aromatic N) is 2. The van der Waals surface area contributed by atoms with Crippen molar-refractivity contribution in [2.24, 2.45) is 0 Å². The number of hydrogen-bond acceptors (Lipinski definition) is 4. The van der Waals surface area contributed by atoms with E-state index < -0.39 is 0 Å². The van der Waals surface area contributed by atoms with Gasteiger partial charge in [-0.05, 0) is 48.4 Å². The highest BCUT2D eigenvalue weighted by Gasteiger charge is 2.13. The van der Waals surface area contributed by atoms with E-state index in [-0.39, 0.29) is 5.91 Å². The van der Waals surface area contributed by atoms with E-state index in [1.165, 1.54) is 16.3 Å². The van der Waals surface area contributed by atoms with Crippen LogP contribution in [0.5, 0.6) is 11.5 Å². The molecule has 6 heteroatoms. The van der Waals surface area contributed by atoms with Crippen molar-refractivity contribution in [1.29, 1.82) is 0 Å². The molecule has 31 heavy (non-hydrogen) atoms. The summed E-state index contributed by atoms with van der Waals surface area (Å²) in [5, 5.41) is 9.71. The molecule has 3 aromatic carbocycles. The van der Waals surface area contributed by atoms with Crippen LogP contribution in [0.1, 0.15) is 29.8 Å². The summed E-state index contributed by atoms with van der Waals surface area (Å²) in [6.45, 7) is 5.45. The van der Waals surface area contributed by atoms with E-state index in [2.05, 4.69) is 34.7 Å². The van der Waals surface area contributed by atoms with E-state index in [0.29, 0.717) is 42.5 Å². The quantitative estimate of drug-likeness (QED) is 0.433. The first-order valence-electron chi connectivity index (χ1n) is 10.4. The zero-order valence-electron chi connectivity index (χ0n) is 17.7. The highest BCUT2D eigenvalue weighted by atomic mass is 16.5. The maximum Gasteiger partial charge on any atom is 0.255 e. The first kappa shape index (κ1) is 20.5. The molecule has 1 amide bonds. The van der Waals surface area contributed by atoms with E-state index in [1.807, 2.05) is 42.9 Å². The van der Waals surface area contributed by atoms with Crippen LogP contribution in [0.25, 0.3) is 10.8 Å². The summed E-state index contributed by atoms with van der Waals surface area (Å²) >= 11 is 0. The number of anilines is 1. The maximum absolute atomic E-state index is 12.7. The molecule has 6 nitrogen and oxygen atoms in total. The highest BCUT2D eigenvalue weighted by molar-refractivity contribution is 6.04. The summed E-state index contributed by atoms with van der Waals surface area (Å²) < 4.78 is 13.0. The number of hydrogen-bond donors (Lipinski definition) is 1. The van der Waals surface area contributed by atoms with E-state index in [0.717, 1.165) is 0 Å². The average molecular weight is 415 g/mol. The van der Waals surface area contributed by atoms with Gasteiger partial charge in [0.2, 0.25) is 0 Å². The Morgan fingerprint density at radius 2 is 1.74 bits per heavy atom. The van der Waals surface area contributed by atoms with Gasteiger partial charge in [0, 0.05) is 11.8 Å². The molecule has 1 aromatic heterocycles. The average Bonchev–Trinajstić information content (AvgIpc) is 3.22.